The lowest BCUT2D eigenvalue weighted by molar-refractivity contribution is -0.159. The minimum Gasteiger partial charge on any atom is -0.492 e. The topological polar surface area (TPSA) is 152 Å². The van der Waals surface area contributed by atoms with Crippen molar-refractivity contribution in [2.45, 2.75) is 63.8 Å². The predicted molar refractivity (Wildman–Crippen MR) is 129 cm³/mol. The number of nitrogens with two attached hydrogens (primary N) is 1. The SMILES string of the molecule is Nc1c(Cl)cc(-c2nnc(CC3CCN(C4CCCC4)CC3)o2)c2c1CCCO2.O=C(O)C(=O)O. The van der Waals surface area contributed by atoms with Gasteiger partial charge >= 0.3 is 11.9 Å². The van der Waals surface area contributed by atoms with Crippen molar-refractivity contribution < 1.29 is 29.0 Å². The first-order valence-electron chi connectivity index (χ1n) is 12.1. The molecule has 3 heterocycles. The van der Waals surface area contributed by atoms with Crippen LogP contribution in [0.2, 0.25) is 5.02 Å². The monoisotopic (exact) mass is 506 g/mol. The molecule has 0 radical (unpaired) electrons. The third-order valence-corrected chi connectivity index (χ3v) is 7.34. The van der Waals surface area contributed by atoms with E-state index in [0.717, 1.165) is 42.2 Å². The maximum atomic E-state index is 9.10. The Morgan fingerprint density at radius 3 is 2.43 bits per heavy atom. The molecule has 0 amide bonds. The van der Waals surface area contributed by atoms with Gasteiger partial charge in [0.15, 0.2) is 0 Å². The zero-order chi connectivity index (χ0) is 24.9. The molecule has 3 aliphatic rings. The molecule has 2 fully saturated rings. The van der Waals surface area contributed by atoms with Crippen LogP contribution in [0.15, 0.2) is 10.5 Å². The molecular formula is C24H31ClN4O6. The minimum absolute atomic E-state index is 0.475. The molecule has 2 aromatic rings. The molecule has 10 nitrogen and oxygen atoms in total. The molecule has 2 aliphatic heterocycles. The Bertz CT molecular complexity index is 1050. The highest BCUT2D eigenvalue weighted by Crippen LogP contribution is 2.42. The zero-order valence-corrected chi connectivity index (χ0v) is 20.3. The van der Waals surface area contributed by atoms with Crippen molar-refractivity contribution in [3.05, 3.63) is 22.5 Å². The molecule has 190 valence electrons. The van der Waals surface area contributed by atoms with E-state index in [2.05, 4.69) is 15.1 Å². The number of carbonyl (C=O) groups is 2. The minimum atomic E-state index is -1.82. The van der Waals surface area contributed by atoms with Gasteiger partial charge in [-0.05, 0) is 63.6 Å². The number of aliphatic carboxylic acids is 2. The summed E-state index contributed by atoms with van der Waals surface area (Å²) in [6.07, 6.45) is 10.6. The number of carboxylic acids is 2. The number of nitrogens with zero attached hydrogens (tertiary/aromatic N) is 3. The van der Waals surface area contributed by atoms with Crippen LogP contribution in [0.4, 0.5) is 5.69 Å². The molecule has 0 atom stereocenters. The van der Waals surface area contributed by atoms with Crippen LogP contribution >= 0.6 is 11.6 Å². The Labute approximate surface area is 208 Å². The fourth-order valence-corrected chi connectivity index (χ4v) is 5.40. The van der Waals surface area contributed by atoms with Crippen LogP contribution in [0.1, 0.15) is 56.4 Å². The van der Waals surface area contributed by atoms with E-state index in [4.69, 9.17) is 46.3 Å². The fourth-order valence-electron chi connectivity index (χ4n) is 5.18. The van der Waals surface area contributed by atoms with Gasteiger partial charge in [0.1, 0.15) is 5.75 Å². The summed E-state index contributed by atoms with van der Waals surface area (Å²) < 4.78 is 11.9. The molecule has 0 bridgehead atoms. The number of hydrogen-bond donors (Lipinski definition) is 3. The molecule has 1 aromatic carbocycles. The first-order valence-corrected chi connectivity index (χ1v) is 12.5. The van der Waals surface area contributed by atoms with Crippen molar-refractivity contribution in [3.8, 4) is 17.2 Å². The first kappa shape index (κ1) is 25.2. The van der Waals surface area contributed by atoms with Crippen molar-refractivity contribution in [2.75, 3.05) is 25.4 Å². The summed E-state index contributed by atoms with van der Waals surface area (Å²) in [6.45, 7) is 3.07. The third-order valence-electron chi connectivity index (χ3n) is 7.02. The van der Waals surface area contributed by atoms with Gasteiger partial charge in [0.05, 0.1) is 22.9 Å². The molecule has 1 saturated heterocycles. The summed E-state index contributed by atoms with van der Waals surface area (Å²) in [5.41, 5.74) is 8.46. The Morgan fingerprint density at radius 2 is 1.77 bits per heavy atom. The lowest BCUT2D eigenvalue weighted by Crippen LogP contribution is -2.40. The van der Waals surface area contributed by atoms with E-state index in [-0.39, 0.29) is 0 Å². The van der Waals surface area contributed by atoms with Crippen LogP contribution in [0, 0.1) is 5.92 Å². The van der Waals surface area contributed by atoms with Crippen molar-refractivity contribution in [2.24, 2.45) is 5.92 Å². The number of hydrogen-bond acceptors (Lipinski definition) is 8. The molecular weight excluding hydrogens is 476 g/mol. The van der Waals surface area contributed by atoms with Gasteiger partial charge in [-0.2, -0.15) is 0 Å². The summed E-state index contributed by atoms with van der Waals surface area (Å²) in [4.78, 5) is 20.9. The maximum absolute atomic E-state index is 9.10. The van der Waals surface area contributed by atoms with Crippen LogP contribution < -0.4 is 10.5 Å². The van der Waals surface area contributed by atoms with E-state index in [9.17, 15) is 0 Å². The molecule has 1 aliphatic carbocycles. The average Bonchev–Trinajstić information content (AvgIpc) is 3.55. The lowest BCUT2D eigenvalue weighted by Gasteiger charge is -2.35. The average molecular weight is 507 g/mol. The second-order valence-electron chi connectivity index (χ2n) is 9.31. The standard InChI is InChI=1S/C22H29ClN4O2.C2H2O4/c23-18-13-17(21-16(20(18)24)6-3-11-28-21)22-26-25-19(29-22)12-14-7-9-27(10-8-14)15-4-1-2-5-15;3-1(4)2(5)6/h13-15H,1-12,24H2;(H,3,4)(H,5,6). The second kappa shape index (κ2) is 11.3. The van der Waals surface area contributed by atoms with E-state index < -0.39 is 11.9 Å². The summed E-state index contributed by atoms with van der Waals surface area (Å²) in [5.74, 6) is -1.11. The summed E-state index contributed by atoms with van der Waals surface area (Å²) >= 11 is 6.36. The summed E-state index contributed by atoms with van der Waals surface area (Å²) in [7, 11) is 0. The Hall–Kier alpha value is -2.85. The highest BCUT2D eigenvalue weighted by Gasteiger charge is 2.29. The van der Waals surface area contributed by atoms with Crippen LogP contribution in [0.25, 0.3) is 11.5 Å². The van der Waals surface area contributed by atoms with Crippen molar-refractivity contribution in [3.63, 3.8) is 0 Å². The molecule has 1 saturated carbocycles. The zero-order valence-electron chi connectivity index (χ0n) is 19.5. The van der Waals surface area contributed by atoms with Crippen molar-refractivity contribution in [1.82, 2.24) is 15.1 Å². The van der Waals surface area contributed by atoms with Gasteiger partial charge in [-0.15, -0.1) is 10.2 Å². The number of rotatable bonds is 4. The fraction of sp³-hybridized carbons (Fsp3) is 0.583. The molecule has 35 heavy (non-hydrogen) atoms. The van der Waals surface area contributed by atoms with Gasteiger partial charge in [-0.25, -0.2) is 9.59 Å². The number of aromatic nitrogens is 2. The summed E-state index contributed by atoms with van der Waals surface area (Å²) in [5, 5.41) is 23.9. The second-order valence-corrected chi connectivity index (χ2v) is 9.72. The van der Waals surface area contributed by atoms with Gasteiger partial charge in [-0.1, -0.05) is 24.4 Å². The Morgan fingerprint density at radius 1 is 1.09 bits per heavy atom. The molecule has 4 N–H and O–H groups in total. The first-order chi connectivity index (χ1) is 16.8. The highest BCUT2D eigenvalue weighted by atomic mass is 35.5. The van der Waals surface area contributed by atoms with Crippen LogP contribution in [0.5, 0.6) is 5.75 Å². The number of fused-ring (bicyclic) bond motifs is 1. The molecule has 0 spiro atoms. The van der Waals surface area contributed by atoms with Crippen LogP contribution in [-0.4, -0.2) is 63.0 Å². The number of piperidine rings is 1. The quantitative estimate of drug-likeness (QED) is 0.413. The number of carboxylic acid groups (broad SMARTS) is 2. The molecule has 11 heteroatoms. The van der Waals surface area contributed by atoms with Crippen LogP contribution in [-0.2, 0) is 22.4 Å². The molecule has 1 aromatic heterocycles. The Balaban J connectivity index is 0.000000431. The van der Waals surface area contributed by atoms with Crippen LogP contribution in [0.3, 0.4) is 0 Å². The van der Waals surface area contributed by atoms with E-state index >= 15 is 0 Å². The van der Waals surface area contributed by atoms with Gasteiger partial charge < -0.3 is 30.0 Å². The maximum Gasteiger partial charge on any atom is 0.414 e. The van der Waals surface area contributed by atoms with E-state index in [1.807, 2.05) is 0 Å². The number of likely N-dealkylation sites (tertiary alicyclic amines) is 1. The lowest BCUT2D eigenvalue weighted by atomic mass is 9.92. The van der Waals surface area contributed by atoms with Gasteiger partial charge in [0.2, 0.25) is 5.89 Å². The number of halogens is 1. The highest BCUT2D eigenvalue weighted by molar-refractivity contribution is 6.33. The molecule has 0 unspecified atom stereocenters. The largest absolute Gasteiger partial charge is 0.492 e. The number of anilines is 1. The van der Waals surface area contributed by atoms with Crippen molar-refractivity contribution >= 4 is 29.2 Å². The number of benzene rings is 1. The van der Waals surface area contributed by atoms with E-state index in [0.29, 0.717) is 35.0 Å². The van der Waals surface area contributed by atoms with Gasteiger partial charge in [0.25, 0.3) is 5.89 Å². The number of ether oxygens (including phenoxy) is 1. The summed E-state index contributed by atoms with van der Waals surface area (Å²) in [6, 6.07) is 2.62. The van der Waals surface area contributed by atoms with E-state index in [1.165, 1.54) is 51.6 Å². The van der Waals surface area contributed by atoms with E-state index in [1.54, 1.807) is 6.07 Å². The smallest absolute Gasteiger partial charge is 0.414 e. The third kappa shape index (κ3) is 6.05. The molecule has 5 rings (SSSR count). The van der Waals surface area contributed by atoms with Gasteiger partial charge in [0, 0.05) is 18.0 Å². The predicted octanol–water partition coefficient (Wildman–Crippen LogP) is 3.65. The van der Waals surface area contributed by atoms with Crippen molar-refractivity contribution in [1.29, 1.82) is 0 Å². The van der Waals surface area contributed by atoms with Gasteiger partial charge in [-0.3, -0.25) is 0 Å². The number of nitrogen functional groups attached to an aromatic ring is 1. The Kier molecular flexibility index (Phi) is 8.12. The normalized spacial score (nSPS) is 18.9.